The number of rotatable bonds is 8. The number of ether oxygens (including phenoxy) is 1. The predicted molar refractivity (Wildman–Crippen MR) is 76.4 cm³/mol. The van der Waals surface area contributed by atoms with Gasteiger partial charge in [0.15, 0.2) is 0 Å². The van der Waals surface area contributed by atoms with E-state index in [0.717, 1.165) is 25.7 Å². The van der Waals surface area contributed by atoms with Gasteiger partial charge >= 0.3 is 5.97 Å². The molecule has 0 aromatic heterocycles. The van der Waals surface area contributed by atoms with Gasteiger partial charge in [-0.05, 0) is 32.6 Å². The molecule has 1 aliphatic rings. The van der Waals surface area contributed by atoms with Crippen LogP contribution in [0.25, 0.3) is 0 Å². The fourth-order valence-corrected chi connectivity index (χ4v) is 2.36. The molecule has 0 saturated heterocycles. The Balaban J connectivity index is 2.52. The van der Waals surface area contributed by atoms with Crippen molar-refractivity contribution in [1.29, 1.82) is 0 Å². The average molecular weight is 283 g/mol. The van der Waals surface area contributed by atoms with E-state index in [4.69, 9.17) is 9.84 Å². The summed E-state index contributed by atoms with van der Waals surface area (Å²) in [5.41, 5.74) is 0. The molecule has 1 aliphatic carbocycles. The van der Waals surface area contributed by atoms with Crippen molar-refractivity contribution < 1.29 is 19.4 Å². The van der Waals surface area contributed by atoms with Gasteiger partial charge in [-0.3, -0.25) is 4.79 Å². The minimum atomic E-state index is -1.02. The molecule has 0 heterocycles. The van der Waals surface area contributed by atoms with Crippen molar-refractivity contribution >= 4 is 11.9 Å². The van der Waals surface area contributed by atoms with Gasteiger partial charge in [-0.15, -0.1) is 0 Å². The molecule has 0 spiro atoms. The van der Waals surface area contributed by atoms with Crippen molar-refractivity contribution in [1.82, 2.24) is 5.32 Å². The first kappa shape index (κ1) is 16.7. The minimum absolute atomic E-state index is 0.143. The summed E-state index contributed by atoms with van der Waals surface area (Å²) >= 11 is 0. The molecule has 0 aromatic carbocycles. The number of allylic oxidation sites excluding steroid dienone is 1. The quantitative estimate of drug-likeness (QED) is 0.670. The molecule has 0 radical (unpaired) electrons. The lowest BCUT2D eigenvalue weighted by Gasteiger charge is -2.22. The molecule has 5 heteroatoms. The lowest BCUT2D eigenvalue weighted by molar-refractivity contribution is -0.145. The SMILES string of the molecule is C/C=C/CC(NC(=O)C(CC)OC1CCCC1)C(=O)O. The molecule has 1 rings (SSSR count). The van der Waals surface area contributed by atoms with E-state index in [9.17, 15) is 9.59 Å². The highest BCUT2D eigenvalue weighted by Crippen LogP contribution is 2.23. The van der Waals surface area contributed by atoms with Crippen LogP contribution in [0.15, 0.2) is 12.2 Å². The molecule has 1 saturated carbocycles. The van der Waals surface area contributed by atoms with Crippen LogP contribution in [0.2, 0.25) is 0 Å². The molecule has 2 N–H and O–H groups in total. The van der Waals surface area contributed by atoms with Gasteiger partial charge in [0.05, 0.1) is 6.10 Å². The van der Waals surface area contributed by atoms with Gasteiger partial charge < -0.3 is 15.2 Å². The molecule has 2 atom stereocenters. The van der Waals surface area contributed by atoms with E-state index >= 15 is 0 Å². The van der Waals surface area contributed by atoms with Crippen LogP contribution in [-0.4, -0.2) is 35.2 Å². The number of carboxylic acids is 1. The Morgan fingerprint density at radius 2 is 2.05 bits per heavy atom. The number of carbonyl (C=O) groups is 2. The molecule has 2 unspecified atom stereocenters. The van der Waals surface area contributed by atoms with E-state index in [1.165, 1.54) is 0 Å². The normalized spacial score (nSPS) is 19.1. The van der Waals surface area contributed by atoms with Crippen molar-refractivity contribution in [3.63, 3.8) is 0 Å². The Morgan fingerprint density at radius 3 is 2.55 bits per heavy atom. The minimum Gasteiger partial charge on any atom is -0.480 e. The summed E-state index contributed by atoms with van der Waals surface area (Å²) < 4.78 is 5.78. The van der Waals surface area contributed by atoms with Crippen LogP contribution < -0.4 is 5.32 Å². The predicted octanol–water partition coefficient (Wildman–Crippen LogP) is 2.26. The highest BCUT2D eigenvalue weighted by atomic mass is 16.5. The van der Waals surface area contributed by atoms with Gasteiger partial charge in [-0.1, -0.05) is 31.9 Å². The number of amides is 1. The monoisotopic (exact) mass is 283 g/mol. The first-order valence-corrected chi connectivity index (χ1v) is 7.38. The number of nitrogens with one attached hydrogen (secondary N) is 1. The van der Waals surface area contributed by atoms with E-state index in [1.807, 2.05) is 13.8 Å². The van der Waals surface area contributed by atoms with Crippen LogP contribution in [0.3, 0.4) is 0 Å². The molecule has 0 bridgehead atoms. The summed E-state index contributed by atoms with van der Waals surface area (Å²) in [5.74, 6) is -1.34. The second kappa shape index (κ2) is 8.74. The zero-order chi connectivity index (χ0) is 15.0. The van der Waals surface area contributed by atoms with Crippen molar-refractivity contribution in [2.75, 3.05) is 0 Å². The Bertz CT molecular complexity index is 348. The first-order chi connectivity index (χ1) is 9.58. The molecule has 1 amide bonds. The molecule has 5 nitrogen and oxygen atoms in total. The van der Waals surface area contributed by atoms with Gasteiger partial charge in [0, 0.05) is 0 Å². The highest BCUT2D eigenvalue weighted by molar-refractivity contribution is 5.86. The van der Waals surface area contributed by atoms with Gasteiger partial charge in [0.25, 0.3) is 0 Å². The topological polar surface area (TPSA) is 75.6 Å². The first-order valence-electron chi connectivity index (χ1n) is 7.38. The second-order valence-corrected chi connectivity index (χ2v) is 5.14. The zero-order valence-corrected chi connectivity index (χ0v) is 12.3. The number of hydrogen-bond donors (Lipinski definition) is 2. The molecule has 0 aromatic rings. The molecule has 1 fully saturated rings. The fourth-order valence-electron chi connectivity index (χ4n) is 2.36. The summed E-state index contributed by atoms with van der Waals surface area (Å²) in [6, 6.07) is -0.889. The third-order valence-corrected chi connectivity index (χ3v) is 3.54. The summed E-state index contributed by atoms with van der Waals surface area (Å²) in [6.45, 7) is 3.69. The summed E-state index contributed by atoms with van der Waals surface area (Å²) in [6.07, 6.45) is 8.20. The lowest BCUT2D eigenvalue weighted by Crippen LogP contribution is -2.46. The molecule has 114 valence electrons. The van der Waals surface area contributed by atoms with Crippen LogP contribution in [0.5, 0.6) is 0 Å². The maximum absolute atomic E-state index is 12.1. The number of aliphatic carboxylic acids is 1. The summed E-state index contributed by atoms with van der Waals surface area (Å²) in [7, 11) is 0. The van der Waals surface area contributed by atoms with E-state index < -0.39 is 18.1 Å². The Labute approximate surface area is 120 Å². The van der Waals surface area contributed by atoms with Crippen LogP contribution in [-0.2, 0) is 14.3 Å². The van der Waals surface area contributed by atoms with E-state index in [2.05, 4.69) is 5.32 Å². The molecular weight excluding hydrogens is 258 g/mol. The summed E-state index contributed by atoms with van der Waals surface area (Å²) in [4.78, 5) is 23.2. The largest absolute Gasteiger partial charge is 0.480 e. The maximum Gasteiger partial charge on any atom is 0.326 e. The van der Waals surface area contributed by atoms with E-state index in [1.54, 1.807) is 12.2 Å². The molecule has 20 heavy (non-hydrogen) atoms. The Kier molecular flexibility index (Phi) is 7.30. The van der Waals surface area contributed by atoms with Crippen LogP contribution in [0, 0.1) is 0 Å². The van der Waals surface area contributed by atoms with Crippen molar-refractivity contribution in [3.05, 3.63) is 12.2 Å². The number of hydrogen-bond acceptors (Lipinski definition) is 3. The van der Waals surface area contributed by atoms with E-state index in [0.29, 0.717) is 6.42 Å². The van der Waals surface area contributed by atoms with E-state index in [-0.39, 0.29) is 18.4 Å². The number of carbonyl (C=O) groups excluding carboxylic acids is 1. The Hall–Kier alpha value is -1.36. The van der Waals surface area contributed by atoms with Gasteiger partial charge in [0.1, 0.15) is 12.1 Å². The van der Waals surface area contributed by atoms with Gasteiger partial charge in [-0.2, -0.15) is 0 Å². The van der Waals surface area contributed by atoms with Gasteiger partial charge in [-0.25, -0.2) is 4.79 Å². The smallest absolute Gasteiger partial charge is 0.326 e. The number of carboxylic acid groups (broad SMARTS) is 1. The van der Waals surface area contributed by atoms with Crippen molar-refractivity contribution in [2.45, 2.75) is 70.6 Å². The van der Waals surface area contributed by atoms with Crippen molar-refractivity contribution in [2.24, 2.45) is 0 Å². The second-order valence-electron chi connectivity index (χ2n) is 5.14. The zero-order valence-electron chi connectivity index (χ0n) is 12.3. The average Bonchev–Trinajstić information content (AvgIpc) is 2.93. The van der Waals surface area contributed by atoms with Crippen molar-refractivity contribution in [3.8, 4) is 0 Å². The van der Waals surface area contributed by atoms with Gasteiger partial charge in [0.2, 0.25) is 5.91 Å². The maximum atomic E-state index is 12.1. The third kappa shape index (κ3) is 5.33. The van der Waals surface area contributed by atoms with Crippen LogP contribution in [0.4, 0.5) is 0 Å². The Morgan fingerprint density at radius 1 is 1.40 bits per heavy atom. The third-order valence-electron chi connectivity index (χ3n) is 3.54. The standard InChI is InChI=1S/C15H25NO4/c1-3-5-10-12(15(18)19)16-14(17)13(4-2)20-11-8-6-7-9-11/h3,5,11-13H,4,6-10H2,1-2H3,(H,16,17)(H,18,19)/b5-3+. The fraction of sp³-hybridized carbons (Fsp3) is 0.733. The molecular formula is C15H25NO4. The molecule has 0 aliphatic heterocycles. The van der Waals surface area contributed by atoms with Crippen LogP contribution in [0.1, 0.15) is 52.4 Å². The van der Waals surface area contributed by atoms with Crippen LogP contribution >= 0.6 is 0 Å². The lowest BCUT2D eigenvalue weighted by atomic mass is 10.1. The highest BCUT2D eigenvalue weighted by Gasteiger charge is 2.27. The summed E-state index contributed by atoms with van der Waals surface area (Å²) in [5, 5.41) is 11.7.